The second kappa shape index (κ2) is 3.34. The van der Waals surface area contributed by atoms with Crippen LogP contribution in [0.25, 0.3) is 0 Å². The predicted molar refractivity (Wildman–Crippen MR) is 50.0 cm³/mol. The van der Waals surface area contributed by atoms with Crippen LogP contribution in [-0.4, -0.2) is 12.3 Å². The lowest BCUT2D eigenvalue weighted by Crippen LogP contribution is -2.25. The normalized spacial score (nSPS) is 18.9. The van der Waals surface area contributed by atoms with Gasteiger partial charge in [-0.05, 0) is 31.0 Å². The van der Waals surface area contributed by atoms with Gasteiger partial charge < -0.3 is 15.2 Å². The Hall–Kier alpha value is -1.36. The molecule has 1 aliphatic heterocycles. The minimum absolute atomic E-state index is 0.0223. The van der Waals surface area contributed by atoms with E-state index in [1.807, 2.05) is 6.92 Å². The van der Waals surface area contributed by atoms with Gasteiger partial charge in [0.2, 0.25) is 0 Å². The molecule has 1 aromatic carbocycles. The summed E-state index contributed by atoms with van der Waals surface area (Å²) in [6, 6.07) is 4.67. The zero-order valence-corrected chi connectivity index (χ0v) is 8.17. The molecule has 15 heavy (non-hydrogen) atoms. The Morgan fingerprint density at radius 2 is 2.00 bits per heavy atom. The number of rotatable bonds is 2. The van der Waals surface area contributed by atoms with Crippen molar-refractivity contribution in [3.63, 3.8) is 0 Å². The Kier molecular flexibility index (Phi) is 2.26. The maximum absolute atomic E-state index is 12.7. The molecule has 0 spiro atoms. The minimum Gasteiger partial charge on any atom is -0.395 e. The molecule has 0 bridgehead atoms. The van der Waals surface area contributed by atoms with E-state index in [9.17, 15) is 8.78 Å². The summed E-state index contributed by atoms with van der Waals surface area (Å²) in [5.41, 5.74) is 6.45. The van der Waals surface area contributed by atoms with Crippen LogP contribution in [0.1, 0.15) is 12.5 Å². The van der Waals surface area contributed by atoms with Crippen LogP contribution in [0, 0.1) is 0 Å². The van der Waals surface area contributed by atoms with Crippen molar-refractivity contribution >= 4 is 0 Å². The van der Waals surface area contributed by atoms with E-state index in [0.29, 0.717) is 6.42 Å². The molecule has 1 aromatic rings. The number of benzene rings is 1. The van der Waals surface area contributed by atoms with Crippen molar-refractivity contribution in [3.8, 4) is 11.5 Å². The maximum Gasteiger partial charge on any atom is 0.586 e. The van der Waals surface area contributed by atoms with Crippen LogP contribution in [-0.2, 0) is 6.42 Å². The highest BCUT2D eigenvalue weighted by atomic mass is 19.3. The van der Waals surface area contributed by atoms with Gasteiger partial charge in [0.25, 0.3) is 0 Å². The van der Waals surface area contributed by atoms with Crippen molar-refractivity contribution in [3.05, 3.63) is 23.8 Å². The third-order valence-electron chi connectivity index (χ3n) is 2.02. The molecule has 82 valence electrons. The van der Waals surface area contributed by atoms with Crippen molar-refractivity contribution in [2.24, 2.45) is 5.73 Å². The van der Waals surface area contributed by atoms with Crippen LogP contribution < -0.4 is 15.2 Å². The van der Waals surface area contributed by atoms with Crippen molar-refractivity contribution in [1.29, 1.82) is 0 Å². The Labute approximate surface area is 85.8 Å². The smallest absolute Gasteiger partial charge is 0.395 e. The van der Waals surface area contributed by atoms with Crippen molar-refractivity contribution in [2.75, 3.05) is 0 Å². The van der Waals surface area contributed by atoms with E-state index in [4.69, 9.17) is 5.73 Å². The first-order valence-electron chi connectivity index (χ1n) is 4.60. The third-order valence-corrected chi connectivity index (χ3v) is 2.02. The van der Waals surface area contributed by atoms with Crippen molar-refractivity contribution in [1.82, 2.24) is 0 Å². The van der Waals surface area contributed by atoms with Crippen molar-refractivity contribution < 1.29 is 18.3 Å². The molecule has 0 aromatic heterocycles. The number of nitrogens with two attached hydrogens (primary N) is 1. The van der Waals surface area contributed by atoms with Gasteiger partial charge in [0.05, 0.1) is 0 Å². The Balaban J connectivity index is 2.23. The molecule has 5 heteroatoms. The summed E-state index contributed by atoms with van der Waals surface area (Å²) in [5.74, 6) is 0.131. The average molecular weight is 215 g/mol. The summed E-state index contributed by atoms with van der Waals surface area (Å²) in [6.07, 6.45) is -2.93. The molecule has 1 aliphatic rings. The number of halogens is 2. The molecule has 1 atom stereocenters. The molecule has 3 nitrogen and oxygen atoms in total. The molecule has 0 saturated heterocycles. The zero-order valence-electron chi connectivity index (χ0n) is 8.17. The molecule has 0 saturated carbocycles. The van der Waals surface area contributed by atoms with Crippen LogP contribution in [0.5, 0.6) is 11.5 Å². The van der Waals surface area contributed by atoms with E-state index in [1.54, 1.807) is 6.07 Å². The minimum atomic E-state index is -3.55. The van der Waals surface area contributed by atoms with E-state index in [2.05, 4.69) is 9.47 Å². The van der Waals surface area contributed by atoms with Gasteiger partial charge in [0.15, 0.2) is 11.5 Å². The van der Waals surface area contributed by atoms with Crippen LogP contribution >= 0.6 is 0 Å². The molecule has 1 unspecified atom stereocenters. The molecular formula is C10H11F2NO2. The molecule has 2 N–H and O–H groups in total. The quantitative estimate of drug-likeness (QED) is 0.819. The molecule has 2 rings (SSSR count). The lowest BCUT2D eigenvalue weighted by molar-refractivity contribution is -0.286. The fraction of sp³-hybridized carbons (Fsp3) is 0.400. The number of hydrogen-bond donors (Lipinski definition) is 1. The first kappa shape index (κ1) is 10.2. The van der Waals surface area contributed by atoms with E-state index < -0.39 is 6.29 Å². The summed E-state index contributed by atoms with van der Waals surface area (Å²) in [7, 11) is 0. The van der Waals surface area contributed by atoms with Gasteiger partial charge in [0, 0.05) is 6.04 Å². The summed E-state index contributed by atoms with van der Waals surface area (Å²) in [5, 5.41) is 0. The van der Waals surface area contributed by atoms with Crippen LogP contribution in [0.2, 0.25) is 0 Å². The second-order valence-electron chi connectivity index (χ2n) is 3.63. The standard InChI is InChI=1S/C10H11F2NO2/c1-6(13)4-7-2-3-8-9(5-7)15-10(11,12)14-8/h2-3,5-6H,4,13H2,1H3. The molecule has 0 amide bonds. The van der Waals surface area contributed by atoms with E-state index in [0.717, 1.165) is 5.56 Å². The van der Waals surface area contributed by atoms with E-state index >= 15 is 0 Å². The van der Waals surface area contributed by atoms with E-state index in [1.165, 1.54) is 12.1 Å². The summed E-state index contributed by atoms with van der Waals surface area (Å²) < 4.78 is 33.9. The van der Waals surface area contributed by atoms with Gasteiger partial charge >= 0.3 is 6.29 Å². The summed E-state index contributed by atoms with van der Waals surface area (Å²) in [6.45, 7) is 1.85. The van der Waals surface area contributed by atoms with Crippen LogP contribution in [0.15, 0.2) is 18.2 Å². The molecular weight excluding hydrogens is 204 g/mol. The maximum atomic E-state index is 12.7. The van der Waals surface area contributed by atoms with Crippen molar-refractivity contribution in [2.45, 2.75) is 25.7 Å². The monoisotopic (exact) mass is 215 g/mol. The Morgan fingerprint density at radius 3 is 2.67 bits per heavy atom. The number of fused-ring (bicyclic) bond motifs is 1. The first-order chi connectivity index (χ1) is 6.96. The first-order valence-corrected chi connectivity index (χ1v) is 4.60. The van der Waals surface area contributed by atoms with Gasteiger partial charge in [-0.25, -0.2) is 0 Å². The van der Waals surface area contributed by atoms with Crippen LogP contribution in [0.3, 0.4) is 0 Å². The Morgan fingerprint density at radius 1 is 1.33 bits per heavy atom. The SMILES string of the molecule is CC(N)Cc1ccc2c(c1)OC(F)(F)O2. The molecule has 0 aliphatic carbocycles. The summed E-state index contributed by atoms with van der Waals surface area (Å²) >= 11 is 0. The molecule has 1 heterocycles. The highest BCUT2D eigenvalue weighted by Crippen LogP contribution is 2.41. The topological polar surface area (TPSA) is 44.5 Å². The van der Waals surface area contributed by atoms with E-state index in [-0.39, 0.29) is 17.5 Å². The molecule has 0 radical (unpaired) electrons. The number of hydrogen-bond acceptors (Lipinski definition) is 3. The zero-order chi connectivity index (χ0) is 11.1. The fourth-order valence-electron chi connectivity index (χ4n) is 1.49. The Bertz CT molecular complexity index is 380. The number of alkyl halides is 2. The lowest BCUT2D eigenvalue weighted by Gasteiger charge is -2.05. The predicted octanol–water partition coefficient (Wildman–Crippen LogP) is 1.90. The second-order valence-corrected chi connectivity index (χ2v) is 3.63. The summed E-state index contributed by atoms with van der Waals surface area (Å²) in [4.78, 5) is 0. The molecule has 0 fully saturated rings. The highest BCUT2D eigenvalue weighted by Gasteiger charge is 2.43. The lowest BCUT2D eigenvalue weighted by atomic mass is 10.1. The van der Waals surface area contributed by atoms with Gasteiger partial charge in [0.1, 0.15) is 0 Å². The van der Waals surface area contributed by atoms with Gasteiger partial charge in [-0.15, -0.1) is 8.78 Å². The number of ether oxygens (including phenoxy) is 2. The largest absolute Gasteiger partial charge is 0.586 e. The van der Waals surface area contributed by atoms with Crippen LogP contribution in [0.4, 0.5) is 8.78 Å². The van der Waals surface area contributed by atoms with Gasteiger partial charge in [-0.2, -0.15) is 0 Å². The highest BCUT2D eigenvalue weighted by molar-refractivity contribution is 5.45. The van der Waals surface area contributed by atoms with Gasteiger partial charge in [-0.3, -0.25) is 0 Å². The average Bonchev–Trinajstić information content (AvgIpc) is 2.36. The third kappa shape index (κ3) is 2.18. The van der Waals surface area contributed by atoms with Gasteiger partial charge in [-0.1, -0.05) is 6.07 Å². The fourth-order valence-corrected chi connectivity index (χ4v) is 1.49.